The molecule has 0 aliphatic heterocycles. The fraction of sp³-hybridized carbons (Fsp3) is 0.462. The monoisotopic (exact) mass is 301 g/mol. The molecule has 0 unspecified atom stereocenters. The van der Waals surface area contributed by atoms with Crippen molar-refractivity contribution in [1.82, 2.24) is 4.72 Å². The van der Waals surface area contributed by atoms with Crippen molar-refractivity contribution >= 4 is 16.0 Å². The van der Waals surface area contributed by atoms with Crippen molar-refractivity contribution in [2.75, 3.05) is 13.7 Å². The van der Waals surface area contributed by atoms with Gasteiger partial charge in [-0.05, 0) is 39.0 Å². The Morgan fingerprint density at radius 2 is 2.00 bits per heavy atom. The van der Waals surface area contributed by atoms with Crippen LogP contribution in [0.25, 0.3) is 0 Å². The molecule has 7 heteroatoms. The molecular weight excluding hydrogens is 282 g/mol. The van der Waals surface area contributed by atoms with Crippen molar-refractivity contribution in [2.24, 2.45) is 0 Å². The van der Waals surface area contributed by atoms with E-state index in [1.807, 2.05) is 0 Å². The van der Waals surface area contributed by atoms with Crippen LogP contribution in [0.1, 0.15) is 31.1 Å². The molecule has 0 bridgehead atoms. The van der Waals surface area contributed by atoms with E-state index in [-0.39, 0.29) is 28.9 Å². The van der Waals surface area contributed by atoms with E-state index in [0.717, 1.165) is 0 Å². The van der Waals surface area contributed by atoms with Crippen LogP contribution in [0, 0.1) is 0 Å². The maximum atomic E-state index is 12.2. The number of hydrogen-bond donors (Lipinski definition) is 1. The number of carbonyl (C=O) groups excluding carboxylic acids is 1. The number of nitrogens with one attached hydrogen (secondary N) is 1. The SMILES string of the molecule is CCOC(=O)c1ccc(OC)c(S(=O)(=O)NC(C)C)c1. The summed E-state index contributed by atoms with van der Waals surface area (Å²) in [5, 5.41) is 0. The first-order chi connectivity index (χ1) is 9.31. The van der Waals surface area contributed by atoms with E-state index in [4.69, 9.17) is 9.47 Å². The smallest absolute Gasteiger partial charge is 0.338 e. The van der Waals surface area contributed by atoms with Gasteiger partial charge in [0, 0.05) is 6.04 Å². The third-order valence-corrected chi connectivity index (χ3v) is 4.03. The van der Waals surface area contributed by atoms with Gasteiger partial charge in [0.1, 0.15) is 10.6 Å². The molecule has 0 fully saturated rings. The molecule has 1 aromatic rings. The predicted octanol–water partition coefficient (Wildman–Crippen LogP) is 1.56. The summed E-state index contributed by atoms with van der Waals surface area (Å²) in [5.41, 5.74) is 0.164. The zero-order chi connectivity index (χ0) is 15.3. The van der Waals surface area contributed by atoms with E-state index in [1.54, 1.807) is 20.8 Å². The molecule has 0 saturated heterocycles. The first-order valence-electron chi connectivity index (χ1n) is 6.19. The predicted molar refractivity (Wildman–Crippen MR) is 74.4 cm³/mol. The number of methoxy groups -OCH3 is 1. The summed E-state index contributed by atoms with van der Waals surface area (Å²) >= 11 is 0. The average molecular weight is 301 g/mol. The number of carbonyl (C=O) groups is 1. The molecule has 1 rings (SSSR count). The number of sulfonamides is 1. The van der Waals surface area contributed by atoms with Crippen molar-refractivity contribution < 1.29 is 22.7 Å². The average Bonchev–Trinajstić information content (AvgIpc) is 2.36. The first-order valence-corrected chi connectivity index (χ1v) is 7.67. The molecule has 0 spiro atoms. The summed E-state index contributed by atoms with van der Waals surface area (Å²) in [6, 6.07) is 3.88. The standard InChI is InChI=1S/C13H19NO5S/c1-5-19-13(15)10-6-7-11(18-4)12(8-10)20(16,17)14-9(2)3/h6-9,14H,5H2,1-4H3. The van der Waals surface area contributed by atoms with Crippen LogP contribution in [0.4, 0.5) is 0 Å². The fourth-order valence-corrected chi connectivity index (χ4v) is 3.05. The molecule has 1 aromatic carbocycles. The van der Waals surface area contributed by atoms with Crippen LogP contribution < -0.4 is 9.46 Å². The highest BCUT2D eigenvalue weighted by atomic mass is 32.2. The molecule has 20 heavy (non-hydrogen) atoms. The Morgan fingerprint density at radius 3 is 2.50 bits per heavy atom. The van der Waals surface area contributed by atoms with Gasteiger partial charge in [-0.15, -0.1) is 0 Å². The Morgan fingerprint density at radius 1 is 1.35 bits per heavy atom. The first kappa shape index (κ1) is 16.5. The van der Waals surface area contributed by atoms with Crippen LogP contribution in [0.3, 0.4) is 0 Å². The van der Waals surface area contributed by atoms with Crippen molar-refractivity contribution in [3.63, 3.8) is 0 Å². The largest absolute Gasteiger partial charge is 0.495 e. The number of rotatable bonds is 6. The fourth-order valence-electron chi connectivity index (χ4n) is 1.60. The Labute approximate surface area is 119 Å². The summed E-state index contributed by atoms with van der Waals surface area (Å²) < 4.78 is 36.8. The van der Waals surface area contributed by atoms with Crippen LogP contribution in [0.2, 0.25) is 0 Å². The molecule has 1 N–H and O–H groups in total. The van der Waals surface area contributed by atoms with Gasteiger partial charge in [0.25, 0.3) is 0 Å². The summed E-state index contributed by atoms with van der Waals surface area (Å²) in [6.07, 6.45) is 0. The number of hydrogen-bond acceptors (Lipinski definition) is 5. The Balaban J connectivity index is 3.29. The van der Waals surface area contributed by atoms with E-state index in [1.165, 1.54) is 25.3 Å². The number of ether oxygens (including phenoxy) is 2. The second-order valence-corrected chi connectivity index (χ2v) is 6.04. The van der Waals surface area contributed by atoms with Crippen LogP contribution in [0.5, 0.6) is 5.75 Å². The summed E-state index contributed by atoms with van der Waals surface area (Å²) in [4.78, 5) is 11.6. The van der Waals surface area contributed by atoms with E-state index in [2.05, 4.69) is 4.72 Å². The molecule has 112 valence electrons. The molecule has 0 amide bonds. The topological polar surface area (TPSA) is 81.7 Å². The van der Waals surface area contributed by atoms with Gasteiger partial charge in [0.2, 0.25) is 10.0 Å². The van der Waals surface area contributed by atoms with Gasteiger partial charge < -0.3 is 9.47 Å². The molecule has 0 saturated carbocycles. The lowest BCUT2D eigenvalue weighted by molar-refractivity contribution is 0.0526. The Bertz CT molecular complexity index is 580. The van der Waals surface area contributed by atoms with E-state index < -0.39 is 16.0 Å². The zero-order valence-electron chi connectivity index (χ0n) is 12.0. The van der Waals surface area contributed by atoms with E-state index >= 15 is 0 Å². The molecule has 0 heterocycles. The highest BCUT2D eigenvalue weighted by Crippen LogP contribution is 2.25. The van der Waals surface area contributed by atoms with Gasteiger partial charge in [-0.3, -0.25) is 0 Å². The van der Waals surface area contributed by atoms with Gasteiger partial charge in [-0.2, -0.15) is 0 Å². The van der Waals surface area contributed by atoms with Gasteiger partial charge in [0.05, 0.1) is 19.3 Å². The lowest BCUT2D eigenvalue weighted by atomic mass is 10.2. The highest BCUT2D eigenvalue weighted by molar-refractivity contribution is 7.89. The van der Waals surface area contributed by atoms with Gasteiger partial charge in [-0.1, -0.05) is 0 Å². The van der Waals surface area contributed by atoms with Crippen LogP contribution >= 0.6 is 0 Å². The number of esters is 1. The summed E-state index contributed by atoms with van der Waals surface area (Å²) in [7, 11) is -2.39. The van der Waals surface area contributed by atoms with Gasteiger partial charge in [-0.25, -0.2) is 17.9 Å². The van der Waals surface area contributed by atoms with Gasteiger partial charge in [0.15, 0.2) is 0 Å². The van der Waals surface area contributed by atoms with Crippen molar-refractivity contribution in [2.45, 2.75) is 31.7 Å². The van der Waals surface area contributed by atoms with Gasteiger partial charge >= 0.3 is 5.97 Å². The molecule has 0 radical (unpaired) electrons. The minimum Gasteiger partial charge on any atom is -0.495 e. The molecule has 0 atom stereocenters. The normalized spacial score (nSPS) is 11.4. The quantitative estimate of drug-likeness (QED) is 0.806. The van der Waals surface area contributed by atoms with Crippen molar-refractivity contribution in [3.8, 4) is 5.75 Å². The third kappa shape index (κ3) is 3.94. The second-order valence-electron chi connectivity index (χ2n) is 4.36. The molecule has 6 nitrogen and oxygen atoms in total. The minimum absolute atomic E-state index is 0.0840. The molecule has 0 aliphatic rings. The molecule has 0 aliphatic carbocycles. The van der Waals surface area contributed by atoms with Crippen molar-refractivity contribution in [1.29, 1.82) is 0 Å². The minimum atomic E-state index is -3.76. The van der Waals surface area contributed by atoms with Crippen LogP contribution in [-0.2, 0) is 14.8 Å². The van der Waals surface area contributed by atoms with E-state index in [9.17, 15) is 13.2 Å². The van der Waals surface area contributed by atoms with E-state index in [0.29, 0.717) is 0 Å². The Kier molecular flexibility index (Phi) is 5.52. The maximum Gasteiger partial charge on any atom is 0.338 e. The summed E-state index contributed by atoms with van der Waals surface area (Å²) in [5.74, 6) is -0.401. The second kappa shape index (κ2) is 6.71. The third-order valence-electron chi connectivity index (χ3n) is 2.36. The van der Waals surface area contributed by atoms with Crippen LogP contribution in [0.15, 0.2) is 23.1 Å². The Hall–Kier alpha value is -1.60. The molecule has 0 aromatic heterocycles. The lowest BCUT2D eigenvalue weighted by Gasteiger charge is -2.13. The maximum absolute atomic E-state index is 12.2. The van der Waals surface area contributed by atoms with Crippen molar-refractivity contribution in [3.05, 3.63) is 23.8 Å². The number of benzene rings is 1. The molecular formula is C13H19NO5S. The highest BCUT2D eigenvalue weighted by Gasteiger charge is 2.22. The van der Waals surface area contributed by atoms with Crippen LogP contribution in [-0.4, -0.2) is 34.1 Å². The zero-order valence-corrected chi connectivity index (χ0v) is 12.8. The lowest BCUT2D eigenvalue weighted by Crippen LogP contribution is -2.30. The summed E-state index contributed by atoms with van der Waals surface area (Å²) in [6.45, 7) is 5.31.